The van der Waals surface area contributed by atoms with E-state index in [2.05, 4.69) is 20.4 Å². The van der Waals surface area contributed by atoms with Crippen molar-refractivity contribution in [3.8, 4) is 0 Å². The van der Waals surface area contributed by atoms with Crippen LogP contribution in [0.25, 0.3) is 0 Å². The summed E-state index contributed by atoms with van der Waals surface area (Å²) >= 11 is 23.7. The Hall–Kier alpha value is -2.12. The molecule has 2 aromatic carbocycles. The van der Waals surface area contributed by atoms with Crippen molar-refractivity contribution in [3.05, 3.63) is 67.6 Å². The molecule has 6 nitrogen and oxygen atoms in total. The Balaban J connectivity index is 2.06. The van der Waals surface area contributed by atoms with Gasteiger partial charge in [-0.15, -0.1) is 10.2 Å². The van der Waals surface area contributed by atoms with Gasteiger partial charge in [0, 0.05) is 21.2 Å². The molecule has 26 heavy (non-hydrogen) atoms. The highest BCUT2D eigenvalue weighted by Crippen LogP contribution is 2.20. The standard InChI is InChI=1S/C16H12Cl4N6/c17-11-3-1-9(13(19)5-11)7-23-25-15(21)16(22)26-24-8-10-2-4-12(18)6-14(10)20/h1-8H,(H2,21,25)(H2,22,26)/b23-7-,24-8?. The quantitative estimate of drug-likeness (QED) is 0.427. The number of benzene rings is 2. The number of hydrogen-bond acceptors (Lipinski definition) is 4. The lowest BCUT2D eigenvalue weighted by Gasteiger charge is -1.98. The van der Waals surface area contributed by atoms with Gasteiger partial charge in [-0.3, -0.25) is 0 Å². The molecule has 0 aliphatic carbocycles. The van der Waals surface area contributed by atoms with E-state index in [4.69, 9.17) is 57.9 Å². The molecule has 0 aliphatic heterocycles. The van der Waals surface area contributed by atoms with Gasteiger partial charge in [0.05, 0.1) is 22.5 Å². The molecule has 0 saturated heterocycles. The predicted molar refractivity (Wildman–Crippen MR) is 111 cm³/mol. The summed E-state index contributed by atoms with van der Waals surface area (Å²) in [6, 6.07) is 9.91. The maximum absolute atomic E-state index is 6.01. The van der Waals surface area contributed by atoms with Crippen LogP contribution in [-0.4, -0.2) is 24.1 Å². The summed E-state index contributed by atoms with van der Waals surface area (Å²) in [7, 11) is 0. The van der Waals surface area contributed by atoms with E-state index >= 15 is 0 Å². The summed E-state index contributed by atoms with van der Waals surface area (Å²) in [5.74, 6) is -0.212. The summed E-state index contributed by atoms with van der Waals surface area (Å²) < 4.78 is 0. The van der Waals surface area contributed by atoms with Gasteiger partial charge in [0.25, 0.3) is 0 Å². The summed E-state index contributed by atoms with van der Waals surface area (Å²) in [4.78, 5) is 0. The fourth-order valence-corrected chi connectivity index (χ4v) is 2.54. The van der Waals surface area contributed by atoms with Gasteiger partial charge in [0.2, 0.25) is 0 Å². The molecule has 0 unspecified atom stereocenters. The van der Waals surface area contributed by atoms with Gasteiger partial charge in [0.15, 0.2) is 11.7 Å². The van der Waals surface area contributed by atoms with E-state index in [0.717, 1.165) is 0 Å². The van der Waals surface area contributed by atoms with E-state index in [0.29, 0.717) is 31.2 Å². The molecule has 0 saturated carbocycles. The topological polar surface area (TPSA) is 101 Å². The van der Waals surface area contributed by atoms with Crippen molar-refractivity contribution in [1.29, 1.82) is 0 Å². The molecule has 0 bridgehead atoms. The van der Waals surface area contributed by atoms with Crippen molar-refractivity contribution in [3.63, 3.8) is 0 Å². The van der Waals surface area contributed by atoms with Gasteiger partial charge >= 0.3 is 0 Å². The highest BCUT2D eigenvalue weighted by molar-refractivity contribution is 6.39. The fraction of sp³-hybridized carbons (Fsp3) is 0. The summed E-state index contributed by atoms with van der Waals surface area (Å²) in [5, 5.41) is 17.0. The van der Waals surface area contributed by atoms with Crippen LogP contribution >= 0.6 is 46.4 Å². The lowest BCUT2D eigenvalue weighted by molar-refractivity contribution is 1.21. The Kier molecular flexibility index (Phi) is 7.41. The number of hydrogen-bond donors (Lipinski definition) is 2. The molecule has 134 valence electrons. The molecular formula is C16H12Cl4N6. The summed E-state index contributed by atoms with van der Waals surface area (Å²) in [6.45, 7) is 0. The van der Waals surface area contributed by atoms with Crippen molar-refractivity contribution < 1.29 is 0 Å². The molecule has 0 heterocycles. The minimum Gasteiger partial charge on any atom is -0.379 e. The average Bonchev–Trinajstić information content (AvgIpc) is 2.58. The van der Waals surface area contributed by atoms with E-state index < -0.39 is 0 Å². The molecule has 10 heteroatoms. The zero-order valence-corrected chi connectivity index (χ0v) is 16.1. The maximum Gasteiger partial charge on any atom is 0.190 e. The monoisotopic (exact) mass is 428 g/mol. The molecular weight excluding hydrogens is 418 g/mol. The van der Waals surface area contributed by atoms with Gasteiger partial charge in [-0.1, -0.05) is 58.5 Å². The normalized spacial score (nSPS) is 13.1. The van der Waals surface area contributed by atoms with Crippen LogP contribution in [0.4, 0.5) is 0 Å². The van der Waals surface area contributed by atoms with Crippen LogP contribution in [0.1, 0.15) is 11.1 Å². The number of halogens is 4. The molecule has 0 amide bonds. The molecule has 0 radical (unpaired) electrons. The van der Waals surface area contributed by atoms with E-state index in [1.807, 2.05) is 0 Å². The number of nitrogens with two attached hydrogens (primary N) is 2. The zero-order chi connectivity index (χ0) is 19.1. The Labute approximate surface area is 169 Å². The molecule has 0 atom stereocenters. The SMILES string of the molecule is NC(=N\N=C/c1ccc(Cl)cc1Cl)/C(N)=N\N=Cc1ccc(Cl)cc1Cl. The summed E-state index contributed by atoms with van der Waals surface area (Å²) in [5.41, 5.74) is 12.6. The second kappa shape index (κ2) is 9.54. The third-order valence-corrected chi connectivity index (χ3v) is 4.04. The van der Waals surface area contributed by atoms with Crippen LogP contribution in [0.2, 0.25) is 20.1 Å². The molecule has 2 aromatic rings. The first-order chi connectivity index (χ1) is 12.4. The highest BCUT2D eigenvalue weighted by Gasteiger charge is 2.01. The second-order valence-corrected chi connectivity index (χ2v) is 6.48. The van der Waals surface area contributed by atoms with Crippen molar-refractivity contribution in [1.82, 2.24) is 0 Å². The lowest BCUT2D eigenvalue weighted by atomic mass is 10.2. The largest absolute Gasteiger partial charge is 0.379 e. The average molecular weight is 430 g/mol. The minimum atomic E-state index is -0.106. The highest BCUT2D eigenvalue weighted by atomic mass is 35.5. The Morgan fingerprint density at radius 1 is 0.692 bits per heavy atom. The number of nitrogens with zero attached hydrogens (tertiary/aromatic N) is 4. The Morgan fingerprint density at radius 3 is 1.42 bits per heavy atom. The fourth-order valence-electron chi connectivity index (χ4n) is 1.62. The maximum atomic E-state index is 6.01. The number of amidine groups is 2. The molecule has 0 fully saturated rings. The van der Waals surface area contributed by atoms with Gasteiger partial charge < -0.3 is 11.5 Å². The van der Waals surface area contributed by atoms with E-state index in [1.54, 1.807) is 36.4 Å². The Bertz CT molecular complexity index is 845. The van der Waals surface area contributed by atoms with Crippen LogP contribution < -0.4 is 11.5 Å². The van der Waals surface area contributed by atoms with Crippen molar-refractivity contribution >= 4 is 70.5 Å². The van der Waals surface area contributed by atoms with Gasteiger partial charge in [-0.2, -0.15) is 10.2 Å². The first kappa shape index (κ1) is 20.2. The van der Waals surface area contributed by atoms with Crippen molar-refractivity contribution in [2.75, 3.05) is 0 Å². The minimum absolute atomic E-state index is 0.106. The van der Waals surface area contributed by atoms with Crippen LogP contribution in [0.5, 0.6) is 0 Å². The molecule has 0 spiro atoms. The third-order valence-electron chi connectivity index (χ3n) is 2.91. The van der Waals surface area contributed by atoms with Gasteiger partial charge in [-0.25, -0.2) is 0 Å². The Morgan fingerprint density at radius 2 is 1.08 bits per heavy atom. The van der Waals surface area contributed by atoms with Crippen molar-refractivity contribution in [2.45, 2.75) is 0 Å². The molecule has 2 rings (SSSR count). The molecule has 4 N–H and O–H groups in total. The number of rotatable bonds is 4. The predicted octanol–water partition coefficient (Wildman–Crippen LogP) is 4.38. The van der Waals surface area contributed by atoms with E-state index in [-0.39, 0.29) is 11.7 Å². The third kappa shape index (κ3) is 6.00. The van der Waals surface area contributed by atoms with Crippen molar-refractivity contribution in [2.24, 2.45) is 31.9 Å². The second-order valence-electron chi connectivity index (χ2n) is 4.79. The van der Waals surface area contributed by atoms with Gasteiger partial charge in [0.1, 0.15) is 0 Å². The lowest BCUT2D eigenvalue weighted by Crippen LogP contribution is -2.30. The molecule has 0 aliphatic rings. The zero-order valence-electron chi connectivity index (χ0n) is 13.1. The first-order valence-corrected chi connectivity index (χ1v) is 8.51. The van der Waals surface area contributed by atoms with E-state index in [1.165, 1.54) is 12.4 Å². The van der Waals surface area contributed by atoms with Crippen LogP contribution in [0, 0.1) is 0 Å². The van der Waals surface area contributed by atoms with Crippen LogP contribution in [0.3, 0.4) is 0 Å². The van der Waals surface area contributed by atoms with Crippen LogP contribution in [0.15, 0.2) is 56.8 Å². The van der Waals surface area contributed by atoms with E-state index in [9.17, 15) is 0 Å². The van der Waals surface area contributed by atoms with Crippen LogP contribution in [-0.2, 0) is 0 Å². The smallest absolute Gasteiger partial charge is 0.190 e. The first-order valence-electron chi connectivity index (χ1n) is 7.00. The summed E-state index contributed by atoms with van der Waals surface area (Å²) in [6.07, 6.45) is 2.82. The molecule has 0 aromatic heterocycles. The van der Waals surface area contributed by atoms with Gasteiger partial charge in [-0.05, 0) is 24.3 Å².